The van der Waals surface area contributed by atoms with Crippen LogP contribution in [0.1, 0.15) is 49.9 Å². The third kappa shape index (κ3) is 4.58. The Kier molecular flexibility index (Phi) is 5.53. The molecule has 1 fully saturated rings. The van der Waals surface area contributed by atoms with Crippen molar-refractivity contribution < 1.29 is 14.3 Å². The standard InChI is InChI=1S/C18H30N2O3/c1-13(2)10-14-11-20(9-8-18(14,3)22)17(21)16-7-6-15(23-16)12-19(4)5/h6-7,13-14,22H,8-12H2,1-5H3/t14-,18+/m0/s1. The van der Waals surface area contributed by atoms with Gasteiger partial charge in [0.1, 0.15) is 5.76 Å². The molecule has 23 heavy (non-hydrogen) atoms. The highest BCUT2D eigenvalue weighted by molar-refractivity contribution is 5.91. The number of piperidine rings is 1. The van der Waals surface area contributed by atoms with Crippen molar-refractivity contribution in [2.24, 2.45) is 11.8 Å². The van der Waals surface area contributed by atoms with Crippen molar-refractivity contribution in [1.29, 1.82) is 0 Å². The number of hydrogen-bond acceptors (Lipinski definition) is 4. The van der Waals surface area contributed by atoms with Gasteiger partial charge in [0.05, 0.1) is 12.1 Å². The molecule has 0 spiro atoms. The van der Waals surface area contributed by atoms with Crippen LogP contribution < -0.4 is 0 Å². The van der Waals surface area contributed by atoms with Crippen LogP contribution in [0, 0.1) is 11.8 Å². The van der Waals surface area contributed by atoms with Crippen molar-refractivity contribution in [3.63, 3.8) is 0 Å². The van der Waals surface area contributed by atoms with Gasteiger partial charge in [-0.2, -0.15) is 0 Å². The minimum absolute atomic E-state index is 0.0701. The van der Waals surface area contributed by atoms with Gasteiger partial charge in [-0.05, 0) is 51.9 Å². The third-order valence-electron chi connectivity index (χ3n) is 4.60. The topological polar surface area (TPSA) is 56.9 Å². The molecule has 130 valence electrons. The van der Waals surface area contributed by atoms with Crippen molar-refractivity contribution in [3.8, 4) is 0 Å². The van der Waals surface area contributed by atoms with Gasteiger partial charge >= 0.3 is 0 Å². The lowest BCUT2D eigenvalue weighted by atomic mass is 9.78. The molecule has 2 rings (SSSR count). The second kappa shape index (κ2) is 7.05. The van der Waals surface area contributed by atoms with Gasteiger partial charge in [0.2, 0.25) is 0 Å². The molecule has 0 aliphatic carbocycles. The third-order valence-corrected chi connectivity index (χ3v) is 4.60. The summed E-state index contributed by atoms with van der Waals surface area (Å²) in [5, 5.41) is 10.6. The molecule has 0 saturated carbocycles. The summed E-state index contributed by atoms with van der Waals surface area (Å²) in [6, 6.07) is 3.62. The molecule has 1 N–H and O–H groups in total. The van der Waals surface area contributed by atoms with Crippen molar-refractivity contribution in [2.75, 3.05) is 27.2 Å². The lowest BCUT2D eigenvalue weighted by Gasteiger charge is -2.43. The highest BCUT2D eigenvalue weighted by Gasteiger charge is 2.39. The lowest BCUT2D eigenvalue weighted by Crippen LogP contribution is -2.52. The van der Waals surface area contributed by atoms with Gasteiger partial charge in [0.25, 0.3) is 5.91 Å². The summed E-state index contributed by atoms with van der Waals surface area (Å²) in [5.41, 5.74) is -0.694. The van der Waals surface area contributed by atoms with Gasteiger partial charge in [-0.15, -0.1) is 0 Å². The maximum atomic E-state index is 12.7. The summed E-state index contributed by atoms with van der Waals surface area (Å²) in [7, 11) is 3.93. The maximum absolute atomic E-state index is 12.7. The Hall–Kier alpha value is -1.33. The number of hydrogen-bond donors (Lipinski definition) is 1. The van der Waals surface area contributed by atoms with E-state index in [1.165, 1.54) is 0 Å². The summed E-state index contributed by atoms with van der Waals surface area (Å²) in [6.45, 7) is 8.04. The number of aliphatic hydroxyl groups is 1. The average Bonchev–Trinajstić information content (AvgIpc) is 2.87. The Bertz CT molecular complexity index is 534. The van der Waals surface area contributed by atoms with Gasteiger partial charge in [-0.25, -0.2) is 0 Å². The molecule has 2 atom stereocenters. The van der Waals surface area contributed by atoms with Crippen molar-refractivity contribution in [2.45, 2.75) is 45.8 Å². The van der Waals surface area contributed by atoms with E-state index in [0.29, 0.717) is 37.7 Å². The van der Waals surface area contributed by atoms with Crippen LogP contribution in [-0.4, -0.2) is 53.6 Å². The Morgan fingerprint density at radius 2 is 2.17 bits per heavy atom. The van der Waals surface area contributed by atoms with Gasteiger partial charge < -0.3 is 19.3 Å². The Balaban J connectivity index is 2.06. The van der Waals surface area contributed by atoms with E-state index in [9.17, 15) is 9.90 Å². The summed E-state index contributed by atoms with van der Waals surface area (Å²) >= 11 is 0. The number of carbonyl (C=O) groups excluding carboxylic acids is 1. The molecule has 0 bridgehead atoms. The van der Waals surface area contributed by atoms with E-state index in [0.717, 1.165) is 12.2 Å². The molecule has 0 unspecified atom stereocenters. The van der Waals surface area contributed by atoms with Crippen LogP contribution >= 0.6 is 0 Å². The Labute approximate surface area is 139 Å². The molecule has 0 radical (unpaired) electrons. The van der Waals surface area contributed by atoms with E-state index in [-0.39, 0.29) is 11.8 Å². The Morgan fingerprint density at radius 1 is 1.48 bits per heavy atom. The van der Waals surface area contributed by atoms with Gasteiger partial charge in [0.15, 0.2) is 5.76 Å². The van der Waals surface area contributed by atoms with Crippen LogP contribution in [-0.2, 0) is 6.54 Å². The zero-order valence-electron chi connectivity index (χ0n) is 15.0. The number of amides is 1. The van der Waals surface area contributed by atoms with Crippen LogP contribution in [0.4, 0.5) is 0 Å². The number of furan rings is 1. The fourth-order valence-electron chi connectivity index (χ4n) is 3.25. The predicted octanol–water partition coefficient (Wildman–Crippen LogP) is 2.60. The van der Waals surface area contributed by atoms with E-state index in [1.54, 1.807) is 6.07 Å². The Morgan fingerprint density at radius 3 is 2.78 bits per heavy atom. The fourth-order valence-corrected chi connectivity index (χ4v) is 3.25. The van der Waals surface area contributed by atoms with Crippen LogP contribution in [0.25, 0.3) is 0 Å². The highest BCUT2D eigenvalue weighted by atomic mass is 16.4. The minimum Gasteiger partial charge on any atom is -0.455 e. The predicted molar refractivity (Wildman–Crippen MR) is 90.2 cm³/mol. The monoisotopic (exact) mass is 322 g/mol. The van der Waals surface area contributed by atoms with Crippen molar-refractivity contribution >= 4 is 5.91 Å². The molecule has 5 heteroatoms. The van der Waals surface area contributed by atoms with Crippen LogP contribution in [0.5, 0.6) is 0 Å². The van der Waals surface area contributed by atoms with Crippen molar-refractivity contribution in [1.82, 2.24) is 9.80 Å². The summed E-state index contributed by atoms with van der Waals surface area (Å²) in [4.78, 5) is 16.5. The normalized spacial score (nSPS) is 25.4. The second-order valence-corrected chi connectivity index (χ2v) is 7.69. The van der Waals surface area contributed by atoms with Gasteiger partial charge in [-0.1, -0.05) is 13.8 Å². The molecule has 1 amide bonds. The fraction of sp³-hybridized carbons (Fsp3) is 0.722. The first-order valence-corrected chi connectivity index (χ1v) is 8.44. The quantitative estimate of drug-likeness (QED) is 0.905. The first-order valence-electron chi connectivity index (χ1n) is 8.44. The van der Waals surface area contributed by atoms with E-state index >= 15 is 0 Å². The highest BCUT2D eigenvalue weighted by Crippen LogP contribution is 2.33. The molecular formula is C18H30N2O3. The molecule has 1 aromatic rings. The van der Waals surface area contributed by atoms with E-state index in [1.807, 2.05) is 36.9 Å². The minimum atomic E-state index is -0.694. The van der Waals surface area contributed by atoms with Crippen LogP contribution in [0.2, 0.25) is 0 Å². The van der Waals surface area contributed by atoms with Crippen molar-refractivity contribution in [3.05, 3.63) is 23.7 Å². The zero-order chi connectivity index (χ0) is 17.2. The van der Waals surface area contributed by atoms with E-state index in [4.69, 9.17) is 4.42 Å². The molecule has 1 aliphatic heterocycles. The largest absolute Gasteiger partial charge is 0.455 e. The summed E-state index contributed by atoms with van der Waals surface area (Å²) in [5.74, 6) is 1.72. The smallest absolute Gasteiger partial charge is 0.289 e. The summed E-state index contributed by atoms with van der Waals surface area (Å²) < 4.78 is 5.68. The average molecular weight is 322 g/mol. The maximum Gasteiger partial charge on any atom is 0.289 e. The number of likely N-dealkylation sites (tertiary alicyclic amines) is 1. The molecule has 0 aromatic carbocycles. The van der Waals surface area contributed by atoms with Gasteiger partial charge in [-0.3, -0.25) is 4.79 Å². The van der Waals surface area contributed by atoms with Gasteiger partial charge in [0, 0.05) is 19.0 Å². The first-order chi connectivity index (χ1) is 10.7. The number of rotatable bonds is 5. The number of carbonyl (C=O) groups is 1. The zero-order valence-corrected chi connectivity index (χ0v) is 15.0. The van der Waals surface area contributed by atoms with Crippen LogP contribution in [0.15, 0.2) is 16.5 Å². The lowest BCUT2D eigenvalue weighted by molar-refractivity contribution is -0.0581. The van der Waals surface area contributed by atoms with E-state index in [2.05, 4.69) is 13.8 Å². The molecule has 1 aromatic heterocycles. The number of nitrogens with zero attached hydrogens (tertiary/aromatic N) is 2. The molecular weight excluding hydrogens is 292 g/mol. The molecule has 5 nitrogen and oxygen atoms in total. The molecule has 2 heterocycles. The SMILES string of the molecule is CC(C)C[C@H]1CN(C(=O)c2ccc(CN(C)C)o2)CC[C@@]1(C)O. The first kappa shape index (κ1) is 18.0. The molecule has 1 aliphatic rings. The summed E-state index contributed by atoms with van der Waals surface area (Å²) in [6.07, 6.45) is 1.53. The van der Waals surface area contributed by atoms with Crippen LogP contribution in [0.3, 0.4) is 0 Å². The van der Waals surface area contributed by atoms with E-state index < -0.39 is 5.60 Å². The molecule has 1 saturated heterocycles. The second-order valence-electron chi connectivity index (χ2n) is 7.69.